The third-order valence-corrected chi connectivity index (χ3v) is 4.18. The molecule has 2 aromatic carbocycles. The Morgan fingerprint density at radius 1 is 0.963 bits per heavy atom. The van der Waals surface area contributed by atoms with Crippen LogP contribution in [-0.2, 0) is 6.18 Å². The van der Waals surface area contributed by atoms with E-state index >= 15 is 0 Å². The fourth-order valence-corrected chi connectivity index (χ4v) is 2.96. The minimum atomic E-state index is -4.60. The first-order chi connectivity index (χ1) is 13.0. The average Bonchev–Trinajstić information content (AvgIpc) is 3.11. The summed E-state index contributed by atoms with van der Waals surface area (Å²) >= 11 is 0. The second-order valence-electron chi connectivity index (χ2n) is 5.83. The number of hydrogen-bond acceptors (Lipinski definition) is 4. The van der Waals surface area contributed by atoms with E-state index < -0.39 is 11.7 Å². The SMILES string of the molecule is COc1ccccc1-c1cc(C(F)(F)F)c2c(-c3ccccc3)noc2n1. The van der Waals surface area contributed by atoms with Gasteiger partial charge in [-0.1, -0.05) is 47.6 Å². The summed E-state index contributed by atoms with van der Waals surface area (Å²) in [7, 11) is 1.45. The molecule has 0 amide bonds. The molecule has 4 nitrogen and oxygen atoms in total. The predicted molar refractivity (Wildman–Crippen MR) is 94.2 cm³/mol. The topological polar surface area (TPSA) is 48.2 Å². The maximum atomic E-state index is 13.8. The summed E-state index contributed by atoms with van der Waals surface area (Å²) in [5.74, 6) is 0.417. The van der Waals surface area contributed by atoms with Crippen molar-refractivity contribution in [3.8, 4) is 28.3 Å². The van der Waals surface area contributed by atoms with Crippen LogP contribution in [0.25, 0.3) is 33.6 Å². The van der Waals surface area contributed by atoms with E-state index in [1.54, 1.807) is 54.6 Å². The van der Waals surface area contributed by atoms with Crippen LogP contribution in [0.5, 0.6) is 5.75 Å². The van der Waals surface area contributed by atoms with Gasteiger partial charge in [0, 0.05) is 11.1 Å². The number of hydrogen-bond donors (Lipinski definition) is 0. The van der Waals surface area contributed by atoms with Crippen LogP contribution in [-0.4, -0.2) is 17.3 Å². The van der Waals surface area contributed by atoms with E-state index in [0.29, 0.717) is 16.9 Å². The predicted octanol–water partition coefficient (Wildman–Crippen LogP) is 5.58. The Balaban J connectivity index is 2.02. The van der Waals surface area contributed by atoms with Gasteiger partial charge >= 0.3 is 6.18 Å². The summed E-state index contributed by atoms with van der Waals surface area (Å²) in [5, 5.41) is 3.69. The first-order valence-corrected chi connectivity index (χ1v) is 8.05. The van der Waals surface area contributed by atoms with Gasteiger partial charge < -0.3 is 9.26 Å². The minimum absolute atomic E-state index is 0.100. The first-order valence-electron chi connectivity index (χ1n) is 8.05. The Bertz CT molecular complexity index is 1110. The molecule has 0 saturated carbocycles. The zero-order valence-electron chi connectivity index (χ0n) is 14.1. The quantitative estimate of drug-likeness (QED) is 0.472. The number of rotatable bonds is 3. The zero-order chi connectivity index (χ0) is 19.0. The third kappa shape index (κ3) is 3.01. The zero-order valence-corrected chi connectivity index (χ0v) is 14.1. The van der Waals surface area contributed by atoms with Crippen molar-refractivity contribution in [3.05, 3.63) is 66.2 Å². The van der Waals surface area contributed by atoms with Crippen LogP contribution >= 0.6 is 0 Å². The van der Waals surface area contributed by atoms with Crippen molar-refractivity contribution < 1.29 is 22.4 Å². The smallest absolute Gasteiger partial charge is 0.417 e. The lowest BCUT2D eigenvalue weighted by molar-refractivity contribution is -0.136. The van der Waals surface area contributed by atoms with E-state index in [9.17, 15) is 13.2 Å². The van der Waals surface area contributed by atoms with Gasteiger partial charge in [0.25, 0.3) is 5.71 Å². The molecule has 7 heteroatoms. The lowest BCUT2D eigenvalue weighted by atomic mass is 10.0. The summed E-state index contributed by atoms with van der Waals surface area (Å²) in [5.41, 5.74) is 0.136. The number of nitrogens with zero attached hydrogens (tertiary/aromatic N) is 2. The molecule has 0 N–H and O–H groups in total. The maximum absolute atomic E-state index is 13.8. The van der Waals surface area contributed by atoms with Crippen molar-refractivity contribution in [1.29, 1.82) is 0 Å². The summed E-state index contributed by atoms with van der Waals surface area (Å²) < 4.78 is 51.9. The fourth-order valence-electron chi connectivity index (χ4n) is 2.96. The molecule has 136 valence electrons. The highest BCUT2D eigenvalue weighted by molar-refractivity contribution is 5.94. The molecule has 0 aliphatic heterocycles. The summed E-state index contributed by atoms with van der Waals surface area (Å²) in [6.45, 7) is 0. The average molecular weight is 370 g/mol. The number of fused-ring (bicyclic) bond motifs is 1. The lowest BCUT2D eigenvalue weighted by Crippen LogP contribution is -2.07. The van der Waals surface area contributed by atoms with Crippen LogP contribution in [0, 0.1) is 0 Å². The maximum Gasteiger partial charge on any atom is 0.417 e. The molecule has 0 radical (unpaired) electrons. The number of halogens is 3. The number of para-hydroxylation sites is 1. The van der Waals surface area contributed by atoms with Crippen LogP contribution in [0.1, 0.15) is 5.56 Å². The van der Waals surface area contributed by atoms with Gasteiger partial charge in [-0.15, -0.1) is 0 Å². The van der Waals surface area contributed by atoms with E-state index in [2.05, 4.69) is 10.1 Å². The van der Waals surface area contributed by atoms with Crippen LogP contribution in [0.2, 0.25) is 0 Å². The van der Waals surface area contributed by atoms with Gasteiger partial charge in [-0.25, -0.2) is 4.98 Å². The molecule has 27 heavy (non-hydrogen) atoms. The van der Waals surface area contributed by atoms with Gasteiger partial charge in [-0.2, -0.15) is 13.2 Å². The largest absolute Gasteiger partial charge is 0.496 e. The first kappa shape index (κ1) is 17.1. The summed E-state index contributed by atoms with van der Waals surface area (Å²) in [6, 6.07) is 16.3. The number of benzene rings is 2. The molecule has 0 atom stereocenters. The van der Waals surface area contributed by atoms with Crippen molar-refractivity contribution in [2.75, 3.05) is 7.11 Å². The molecule has 0 aliphatic carbocycles. The van der Waals surface area contributed by atoms with Crippen LogP contribution in [0.3, 0.4) is 0 Å². The molecule has 0 aliphatic rings. The Morgan fingerprint density at radius 2 is 1.67 bits per heavy atom. The van der Waals surface area contributed by atoms with Crippen LogP contribution in [0.4, 0.5) is 13.2 Å². The van der Waals surface area contributed by atoms with Crippen LogP contribution in [0.15, 0.2) is 65.2 Å². The normalized spacial score (nSPS) is 11.7. The molecule has 0 fully saturated rings. The highest BCUT2D eigenvalue weighted by atomic mass is 19.4. The molecule has 2 heterocycles. The molecule has 0 spiro atoms. The highest BCUT2D eigenvalue weighted by Crippen LogP contribution is 2.41. The molecule has 0 bridgehead atoms. The number of aromatic nitrogens is 2. The Hall–Kier alpha value is -3.35. The van der Waals surface area contributed by atoms with Gasteiger partial charge in [-0.3, -0.25) is 0 Å². The van der Waals surface area contributed by atoms with Gasteiger partial charge in [0.05, 0.1) is 23.8 Å². The molecule has 0 saturated heterocycles. The van der Waals surface area contributed by atoms with Crippen molar-refractivity contribution in [1.82, 2.24) is 10.1 Å². The summed E-state index contributed by atoms with van der Waals surface area (Å²) in [6.07, 6.45) is -4.60. The van der Waals surface area contributed by atoms with E-state index in [4.69, 9.17) is 9.26 Å². The van der Waals surface area contributed by atoms with Crippen molar-refractivity contribution in [3.63, 3.8) is 0 Å². The molecule has 2 aromatic heterocycles. The summed E-state index contributed by atoms with van der Waals surface area (Å²) in [4.78, 5) is 4.27. The van der Waals surface area contributed by atoms with Gasteiger partial charge in [-0.05, 0) is 18.2 Å². The number of alkyl halides is 3. The van der Waals surface area contributed by atoms with E-state index in [0.717, 1.165) is 6.07 Å². The second-order valence-corrected chi connectivity index (χ2v) is 5.83. The Labute approximate surface area is 152 Å². The van der Waals surface area contributed by atoms with Crippen LogP contribution < -0.4 is 4.74 Å². The standard InChI is InChI=1S/C20H13F3N2O2/c1-26-16-10-6-5-9-13(16)15-11-14(20(21,22)23)17-18(25-27-19(17)24-15)12-7-3-2-4-8-12/h2-11H,1H3. The lowest BCUT2D eigenvalue weighted by Gasteiger charge is -2.12. The van der Waals surface area contributed by atoms with Gasteiger partial charge in [0.15, 0.2) is 0 Å². The Kier molecular flexibility index (Phi) is 4.07. The van der Waals surface area contributed by atoms with Crippen molar-refractivity contribution in [2.45, 2.75) is 6.18 Å². The monoisotopic (exact) mass is 370 g/mol. The highest BCUT2D eigenvalue weighted by Gasteiger charge is 2.36. The van der Waals surface area contributed by atoms with Crippen molar-refractivity contribution in [2.24, 2.45) is 0 Å². The second kappa shape index (κ2) is 6.42. The molecule has 0 unspecified atom stereocenters. The van der Waals surface area contributed by atoms with E-state index in [1.807, 2.05) is 0 Å². The van der Waals surface area contributed by atoms with Crippen molar-refractivity contribution >= 4 is 11.1 Å². The van der Waals surface area contributed by atoms with E-state index in [1.165, 1.54) is 7.11 Å². The van der Waals surface area contributed by atoms with E-state index in [-0.39, 0.29) is 22.5 Å². The Morgan fingerprint density at radius 3 is 2.37 bits per heavy atom. The fraction of sp³-hybridized carbons (Fsp3) is 0.100. The molecular weight excluding hydrogens is 357 g/mol. The number of pyridine rings is 1. The molecular formula is C20H13F3N2O2. The number of ether oxygens (including phenoxy) is 1. The third-order valence-electron chi connectivity index (χ3n) is 4.18. The molecule has 4 aromatic rings. The number of methoxy groups -OCH3 is 1. The molecule has 4 rings (SSSR count). The minimum Gasteiger partial charge on any atom is -0.496 e. The van der Waals surface area contributed by atoms with Gasteiger partial charge in [0.2, 0.25) is 0 Å². The van der Waals surface area contributed by atoms with Gasteiger partial charge in [0.1, 0.15) is 11.4 Å².